The molecule has 126 valence electrons. The van der Waals surface area contributed by atoms with E-state index in [2.05, 4.69) is 14.5 Å². The SMILES string of the molecule is COC(=O)c1cc(Oc2c(F)c(F)nc(F)c2F)ccc1[N+](=O)[O-]. The first-order valence-electron chi connectivity index (χ1n) is 6.00. The Hall–Kier alpha value is -3.24. The molecule has 0 saturated carbocycles. The van der Waals surface area contributed by atoms with Crippen LogP contribution in [0.3, 0.4) is 0 Å². The lowest BCUT2D eigenvalue weighted by molar-refractivity contribution is -0.385. The van der Waals surface area contributed by atoms with Gasteiger partial charge in [-0.05, 0) is 6.07 Å². The Kier molecular flexibility index (Phi) is 4.62. The number of rotatable bonds is 4. The Bertz CT molecular complexity index is 817. The van der Waals surface area contributed by atoms with Gasteiger partial charge < -0.3 is 9.47 Å². The summed E-state index contributed by atoms with van der Waals surface area (Å²) in [6.45, 7) is 0. The molecular formula is C13H6F4N2O5. The Labute approximate surface area is 130 Å². The van der Waals surface area contributed by atoms with Crippen LogP contribution in [-0.2, 0) is 4.74 Å². The van der Waals surface area contributed by atoms with Crippen molar-refractivity contribution in [2.24, 2.45) is 0 Å². The third-order valence-electron chi connectivity index (χ3n) is 2.75. The Morgan fingerprint density at radius 1 is 1.17 bits per heavy atom. The lowest BCUT2D eigenvalue weighted by atomic mass is 10.1. The molecule has 11 heteroatoms. The van der Waals surface area contributed by atoms with Crippen LogP contribution >= 0.6 is 0 Å². The van der Waals surface area contributed by atoms with E-state index in [-0.39, 0.29) is 0 Å². The van der Waals surface area contributed by atoms with Crippen molar-refractivity contribution in [2.75, 3.05) is 7.11 Å². The minimum absolute atomic E-state index is 0.496. The number of nitrogens with zero attached hydrogens (tertiary/aromatic N) is 2. The average molecular weight is 346 g/mol. The van der Waals surface area contributed by atoms with Crippen molar-refractivity contribution in [1.29, 1.82) is 0 Å². The summed E-state index contributed by atoms with van der Waals surface area (Å²) in [4.78, 5) is 23.8. The quantitative estimate of drug-likeness (QED) is 0.278. The average Bonchev–Trinajstić information content (AvgIpc) is 2.55. The summed E-state index contributed by atoms with van der Waals surface area (Å²) in [5.74, 6) is -10.8. The van der Waals surface area contributed by atoms with Gasteiger partial charge in [-0.3, -0.25) is 10.1 Å². The second kappa shape index (κ2) is 6.48. The Morgan fingerprint density at radius 2 is 1.75 bits per heavy atom. The number of nitro groups is 1. The number of carbonyl (C=O) groups excluding carboxylic acids is 1. The third kappa shape index (κ3) is 3.09. The highest BCUT2D eigenvalue weighted by molar-refractivity contribution is 5.94. The van der Waals surface area contributed by atoms with Crippen molar-refractivity contribution >= 4 is 11.7 Å². The van der Waals surface area contributed by atoms with E-state index in [4.69, 9.17) is 0 Å². The van der Waals surface area contributed by atoms with Gasteiger partial charge in [0.15, 0.2) is 0 Å². The van der Waals surface area contributed by atoms with Gasteiger partial charge in [-0.15, -0.1) is 0 Å². The van der Waals surface area contributed by atoms with E-state index in [0.29, 0.717) is 0 Å². The molecule has 0 fully saturated rings. The molecule has 0 radical (unpaired) electrons. The molecule has 0 aliphatic rings. The van der Waals surface area contributed by atoms with Crippen molar-refractivity contribution in [1.82, 2.24) is 4.98 Å². The van der Waals surface area contributed by atoms with Gasteiger partial charge in [-0.1, -0.05) is 0 Å². The summed E-state index contributed by atoms with van der Waals surface area (Å²) in [6.07, 6.45) is 0. The maximum Gasteiger partial charge on any atom is 0.345 e. The lowest BCUT2D eigenvalue weighted by Gasteiger charge is -2.09. The zero-order chi connectivity index (χ0) is 18.0. The number of hydrogen-bond acceptors (Lipinski definition) is 6. The minimum Gasteiger partial charge on any atom is -0.465 e. The fraction of sp³-hybridized carbons (Fsp3) is 0.0769. The number of carbonyl (C=O) groups is 1. The lowest BCUT2D eigenvalue weighted by Crippen LogP contribution is -2.07. The molecular weight excluding hydrogens is 340 g/mol. The van der Waals surface area contributed by atoms with E-state index < -0.39 is 57.2 Å². The van der Waals surface area contributed by atoms with Crippen LogP contribution in [0.4, 0.5) is 23.2 Å². The second-order valence-electron chi connectivity index (χ2n) is 4.18. The van der Waals surface area contributed by atoms with E-state index in [0.717, 1.165) is 25.3 Å². The first kappa shape index (κ1) is 17.1. The van der Waals surface area contributed by atoms with Gasteiger partial charge in [0.25, 0.3) is 17.6 Å². The number of hydrogen-bond donors (Lipinski definition) is 0. The molecule has 0 aliphatic heterocycles. The standard InChI is InChI=1S/C13H6F4N2O5/c1-23-13(20)6-4-5(2-3-7(6)19(21)22)24-10-8(14)11(16)18-12(17)9(10)15/h2-4H,1H3. The molecule has 0 bridgehead atoms. The molecule has 0 spiro atoms. The minimum atomic E-state index is -1.95. The molecule has 24 heavy (non-hydrogen) atoms. The topological polar surface area (TPSA) is 91.6 Å². The fourth-order valence-electron chi connectivity index (χ4n) is 1.69. The zero-order valence-corrected chi connectivity index (χ0v) is 11.7. The Morgan fingerprint density at radius 3 is 2.25 bits per heavy atom. The normalized spacial score (nSPS) is 10.4. The molecule has 2 rings (SSSR count). The highest BCUT2D eigenvalue weighted by Gasteiger charge is 2.25. The number of ether oxygens (including phenoxy) is 2. The molecule has 0 unspecified atom stereocenters. The van der Waals surface area contributed by atoms with Gasteiger partial charge in [-0.2, -0.15) is 22.5 Å². The van der Waals surface area contributed by atoms with Crippen LogP contribution in [0.25, 0.3) is 0 Å². The maximum absolute atomic E-state index is 13.5. The van der Waals surface area contributed by atoms with Crippen molar-refractivity contribution < 1.29 is 36.8 Å². The van der Waals surface area contributed by atoms with Crippen molar-refractivity contribution in [3.8, 4) is 11.5 Å². The second-order valence-corrected chi connectivity index (χ2v) is 4.18. The first-order valence-corrected chi connectivity index (χ1v) is 6.00. The van der Waals surface area contributed by atoms with Gasteiger partial charge >= 0.3 is 5.97 Å². The molecule has 1 aromatic carbocycles. The predicted molar refractivity (Wildman–Crippen MR) is 68.6 cm³/mol. The molecule has 0 saturated heterocycles. The van der Waals surface area contributed by atoms with E-state index in [1.165, 1.54) is 0 Å². The van der Waals surface area contributed by atoms with Crippen molar-refractivity contribution in [3.63, 3.8) is 0 Å². The van der Waals surface area contributed by atoms with E-state index >= 15 is 0 Å². The van der Waals surface area contributed by atoms with Crippen LogP contribution in [-0.4, -0.2) is 23.0 Å². The van der Waals surface area contributed by atoms with Crippen molar-refractivity contribution in [2.45, 2.75) is 0 Å². The van der Waals surface area contributed by atoms with E-state index in [1.54, 1.807) is 0 Å². The van der Waals surface area contributed by atoms with E-state index in [9.17, 15) is 32.5 Å². The van der Waals surface area contributed by atoms with Crippen LogP contribution in [0.15, 0.2) is 18.2 Å². The fourth-order valence-corrected chi connectivity index (χ4v) is 1.69. The largest absolute Gasteiger partial charge is 0.465 e. The predicted octanol–water partition coefficient (Wildman–Crippen LogP) is 3.13. The summed E-state index contributed by atoms with van der Waals surface area (Å²) < 4.78 is 62.0. The van der Waals surface area contributed by atoms with Gasteiger partial charge in [0.1, 0.15) is 11.3 Å². The van der Waals surface area contributed by atoms with Crippen LogP contribution in [0.5, 0.6) is 11.5 Å². The molecule has 2 aromatic rings. The number of halogens is 4. The Balaban J connectivity index is 2.52. The molecule has 0 atom stereocenters. The smallest absolute Gasteiger partial charge is 0.345 e. The number of pyridine rings is 1. The van der Waals surface area contributed by atoms with Gasteiger partial charge in [0.2, 0.25) is 17.4 Å². The van der Waals surface area contributed by atoms with Gasteiger partial charge in [0, 0.05) is 12.1 Å². The monoisotopic (exact) mass is 346 g/mol. The molecule has 7 nitrogen and oxygen atoms in total. The molecule has 1 aromatic heterocycles. The van der Waals surface area contributed by atoms with E-state index in [1.807, 2.05) is 0 Å². The highest BCUT2D eigenvalue weighted by atomic mass is 19.2. The number of benzene rings is 1. The molecule has 0 aliphatic carbocycles. The summed E-state index contributed by atoms with van der Waals surface area (Å²) >= 11 is 0. The summed E-state index contributed by atoms with van der Waals surface area (Å²) in [7, 11) is 0.951. The van der Waals surface area contributed by atoms with Crippen LogP contribution in [0, 0.1) is 33.6 Å². The zero-order valence-electron chi connectivity index (χ0n) is 11.7. The molecule has 0 amide bonds. The van der Waals surface area contributed by atoms with Gasteiger partial charge in [0.05, 0.1) is 12.0 Å². The third-order valence-corrected chi connectivity index (χ3v) is 2.75. The van der Waals surface area contributed by atoms with Crippen LogP contribution < -0.4 is 4.74 Å². The summed E-state index contributed by atoms with van der Waals surface area (Å²) in [5.41, 5.74) is -1.25. The van der Waals surface area contributed by atoms with Gasteiger partial charge in [-0.25, -0.2) is 4.79 Å². The number of esters is 1. The maximum atomic E-state index is 13.5. The summed E-state index contributed by atoms with van der Waals surface area (Å²) in [5, 5.41) is 10.8. The summed E-state index contributed by atoms with van der Waals surface area (Å²) in [6, 6.07) is 2.41. The first-order chi connectivity index (χ1) is 11.3. The van der Waals surface area contributed by atoms with Crippen LogP contribution in [0.1, 0.15) is 10.4 Å². The number of aromatic nitrogens is 1. The molecule has 1 heterocycles. The molecule has 0 N–H and O–H groups in total. The van der Waals surface area contributed by atoms with Crippen LogP contribution in [0.2, 0.25) is 0 Å². The number of nitro benzene ring substituents is 1. The number of methoxy groups -OCH3 is 1. The van der Waals surface area contributed by atoms with Crippen molar-refractivity contribution in [3.05, 3.63) is 57.4 Å². The highest BCUT2D eigenvalue weighted by Crippen LogP contribution is 2.32.